The van der Waals surface area contributed by atoms with Gasteiger partial charge in [-0.2, -0.15) is 0 Å². The zero-order valence-corrected chi connectivity index (χ0v) is 11.8. The summed E-state index contributed by atoms with van der Waals surface area (Å²) in [4.78, 5) is 30.2. The van der Waals surface area contributed by atoms with E-state index in [2.05, 4.69) is 15.3 Å². The van der Waals surface area contributed by atoms with Crippen LogP contribution in [-0.2, 0) is 25.5 Å². The van der Waals surface area contributed by atoms with Crippen LogP contribution in [0.25, 0.3) is 0 Å². The van der Waals surface area contributed by atoms with E-state index in [9.17, 15) is 9.59 Å². The van der Waals surface area contributed by atoms with Crippen molar-refractivity contribution in [1.82, 2.24) is 15.3 Å². The first-order chi connectivity index (χ1) is 9.67. The van der Waals surface area contributed by atoms with Gasteiger partial charge in [0.25, 0.3) is 0 Å². The molecule has 7 heteroatoms. The normalized spacial score (nSPS) is 11.9. The van der Waals surface area contributed by atoms with Crippen molar-refractivity contribution in [1.29, 1.82) is 0 Å². The molecule has 0 unspecified atom stereocenters. The van der Waals surface area contributed by atoms with Gasteiger partial charge in [0.05, 0.1) is 13.4 Å². The first-order valence-electron chi connectivity index (χ1n) is 6.59. The fourth-order valence-corrected chi connectivity index (χ4v) is 1.70. The van der Waals surface area contributed by atoms with Gasteiger partial charge in [0.2, 0.25) is 5.91 Å². The van der Waals surface area contributed by atoms with Gasteiger partial charge in [0.15, 0.2) is 0 Å². The van der Waals surface area contributed by atoms with Crippen molar-refractivity contribution in [3.8, 4) is 0 Å². The van der Waals surface area contributed by atoms with Gasteiger partial charge < -0.3 is 19.8 Å². The Bertz CT molecular complexity index is 406. The maximum atomic E-state index is 11.8. The van der Waals surface area contributed by atoms with Crippen molar-refractivity contribution in [3.63, 3.8) is 0 Å². The summed E-state index contributed by atoms with van der Waals surface area (Å²) in [5.41, 5.74) is 0.759. The highest BCUT2D eigenvalue weighted by Crippen LogP contribution is 2.01. The lowest BCUT2D eigenvalue weighted by atomic mass is 10.1. The van der Waals surface area contributed by atoms with Crippen LogP contribution in [0.1, 0.15) is 25.5 Å². The van der Waals surface area contributed by atoms with E-state index in [-0.39, 0.29) is 5.91 Å². The third-order valence-corrected chi connectivity index (χ3v) is 2.70. The minimum Gasteiger partial charge on any atom is -0.467 e. The van der Waals surface area contributed by atoms with Crippen LogP contribution in [0.5, 0.6) is 0 Å². The predicted octanol–water partition coefficient (Wildman–Crippen LogP) is 0.427. The van der Waals surface area contributed by atoms with E-state index in [0.29, 0.717) is 32.5 Å². The molecule has 1 aromatic heterocycles. The second-order valence-electron chi connectivity index (χ2n) is 4.22. The molecule has 0 aliphatic rings. The number of methoxy groups -OCH3 is 1. The van der Waals surface area contributed by atoms with Crippen molar-refractivity contribution in [2.45, 2.75) is 32.2 Å². The smallest absolute Gasteiger partial charge is 0.328 e. The van der Waals surface area contributed by atoms with E-state index in [1.807, 2.05) is 6.92 Å². The lowest BCUT2D eigenvalue weighted by Gasteiger charge is -2.15. The van der Waals surface area contributed by atoms with Crippen LogP contribution in [0.2, 0.25) is 0 Å². The van der Waals surface area contributed by atoms with E-state index >= 15 is 0 Å². The Morgan fingerprint density at radius 2 is 2.30 bits per heavy atom. The van der Waals surface area contributed by atoms with Gasteiger partial charge in [-0.05, 0) is 13.3 Å². The Hall–Kier alpha value is -1.89. The number of hydrogen-bond acceptors (Lipinski definition) is 5. The highest BCUT2D eigenvalue weighted by molar-refractivity contribution is 5.84. The molecule has 2 N–H and O–H groups in total. The molecular formula is C13H21N3O4. The predicted molar refractivity (Wildman–Crippen MR) is 72.0 cm³/mol. The average Bonchev–Trinajstić information content (AvgIpc) is 2.95. The lowest BCUT2D eigenvalue weighted by Crippen LogP contribution is -2.43. The van der Waals surface area contributed by atoms with Gasteiger partial charge in [-0.25, -0.2) is 9.78 Å². The maximum Gasteiger partial charge on any atom is 0.328 e. The van der Waals surface area contributed by atoms with E-state index < -0.39 is 12.0 Å². The number of aromatic nitrogens is 2. The van der Waals surface area contributed by atoms with Crippen molar-refractivity contribution >= 4 is 11.9 Å². The molecule has 1 rings (SSSR count). The monoisotopic (exact) mass is 283 g/mol. The second-order valence-corrected chi connectivity index (χ2v) is 4.22. The first kappa shape index (κ1) is 16.2. The number of imidazole rings is 1. The molecule has 0 radical (unpaired) electrons. The zero-order valence-electron chi connectivity index (χ0n) is 11.8. The number of hydrogen-bond donors (Lipinski definition) is 2. The van der Waals surface area contributed by atoms with Gasteiger partial charge in [0, 0.05) is 37.9 Å². The van der Waals surface area contributed by atoms with E-state index in [1.165, 1.54) is 13.4 Å². The molecule has 20 heavy (non-hydrogen) atoms. The number of nitrogens with zero attached hydrogens (tertiary/aromatic N) is 1. The summed E-state index contributed by atoms with van der Waals surface area (Å²) in [6.07, 6.45) is 4.39. The molecule has 0 fully saturated rings. The Morgan fingerprint density at radius 1 is 1.50 bits per heavy atom. The molecule has 1 atom stereocenters. The number of esters is 1. The molecule has 1 aromatic rings. The van der Waals surface area contributed by atoms with Gasteiger partial charge in [-0.3, -0.25) is 4.79 Å². The van der Waals surface area contributed by atoms with Crippen molar-refractivity contribution in [2.24, 2.45) is 0 Å². The Kier molecular flexibility index (Phi) is 7.34. The van der Waals surface area contributed by atoms with Crippen molar-refractivity contribution in [3.05, 3.63) is 18.2 Å². The minimum absolute atomic E-state index is 0.195. The van der Waals surface area contributed by atoms with E-state index in [0.717, 1.165) is 5.69 Å². The molecular weight excluding hydrogens is 262 g/mol. The highest BCUT2D eigenvalue weighted by atomic mass is 16.5. The Labute approximate surface area is 118 Å². The third kappa shape index (κ3) is 5.83. The first-order valence-corrected chi connectivity index (χ1v) is 6.59. The molecule has 0 aliphatic heterocycles. The Morgan fingerprint density at radius 3 is 2.90 bits per heavy atom. The second kappa shape index (κ2) is 9.08. The number of carbonyl (C=O) groups excluding carboxylic acids is 2. The largest absolute Gasteiger partial charge is 0.467 e. The van der Waals surface area contributed by atoms with Gasteiger partial charge in [-0.15, -0.1) is 0 Å². The number of aromatic amines is 1. The summed E-state index contributed by atoms with van der Waals surface area (Å²) in [5, 5.41) is 2.67. The van der Waals surface area contributed by atoms with Crippen LogP contribution < -0.4 is 5.32 Å². The highest BCUT2D eigenvalue weighted by Gasteiger charge is 2.22. The molecule has 112 valence electrons. The number of ether oxygens (including phenoxy) is 2. The van der Waals surface area contributed by atoms with Crippen molar-refractivity contribution in [2.75, 3.05) is 20.3 Å². The summed E-state index contributed by atoms with van der Waals surface area (Å²) >= 11 is 0. The summed E-state index contributed by atoms with van der Waals surface area (Å²) in [5.74, 6) is -0.669. The van der Waals surface area contributed by atoms with Gasteiger partial charge in [-0.1, -0.05) is 0 Å². The van der Waals surface area contributed by atoms with Crippen molar-refractivity contribution < 1.29 is 19.1 Å². The van der Waals surface area contributed by atoms with Crippen LogP contribution >= 0.6 is 0 Å². The molecule has 0 saturated heterocycles. The number of carbonyl (C=O) groups is 2. The molecule has 1 heterocycles. The molecule has 0 aliphatic carbocycles. The molecule has 0 aromatic carbocycles. The summed E-state index contributed by atoms with van der Waals surface area (Å²) in [6, 6.07) is -0.708. The SMILES string of the molecule is CCOCCCC(=O)N[C@@H](Cc1cnc[nH]1)C(=O)OC. The molecule has 1 amide bonds. The van der Waals surface area contributed by atoms with Gasteiger partial charge in [0.1, 0.15) is 6.04 Å². The van der Waals surface area contributed by atoms with Crippen LogP contribution in [0.4, 0.5) is 0 Å². The number of H-pyrrole nitrogens is 1. The molecule has 0 bridgehead atoms. The standard InChI is InChI=1S/C13H21N3O4/c1-3-20-6-4-5-12(17)16-11(13(18)19-2)7-10-8-14-9-15-10/h8-9,11H,3-7H2,1-2H3,(H,14,15)(H,16,17)/t11-/m0/s1. The fraction of sp³-hybridized carbons (Fsp3) is 0.615. The minimum atomic E-state index is -0.708. The fourth-order valence-electron chi connectivity index (χ4n) is 1.70. The average molecular weight is 283 g/mol. The quantitative estimate of drug-likeness (QED) is 0.506. The number of amides is 1. The summed E-state index contributed by atoms with van der Waals surface area (Å²) < 4.78 is 9.85. The summed E-state index contributed by atoms with van der Waals surface area (Å²) in [6.45, 7) is 3.07. The topological polar surface area (TPSA) is 93.3 Å². The van der Waals surface area contributed by atoms with E-state index in [1.54, 1.807) is 6.20 Å². The lowest BCUT2D eigenvalue weighted by molar-refractivity contribution is -0.145. The van der Waals surface area contributed by atoms with Crippen LogP contribution in [0.15, 0.2) is 12.5 Å². The molecule has 0 saturated carbocycles. The number of rotatable bonds is 9. The third-order valence-electron chi connectivity index (χ3n) is 2.70. The summed E-state index contributed by atoms with van der Waals surface area (Å²) in [7, 11) is 1.30. The van der Waals surface area contributed by atoms with Gasteiger partial charge >= 0.3 is 5.97 Å². The Balaban J connectivity index is 2.43. The van der Waals surface area contributed by atoms with E-state index in [4.69, 9.17) is 9.47 Å². The number of nitrogens with one attached hydrogen (secondary N) is 2. The zero-order chi connectivity index (χ0) is 14.8. The molecule has 0 spiro atoms. The maximum absolute atomic E-state index is 11.8. The molecule has 7 nitrogen and oxygen atoms in total. The van der Waals surface area contributed by atoms with Crippen LogP contribution in [-0.4, -0.2) is 48.2 Å². The van der Waals surface area contributed by atoms with Crippen LogP contribution in [0.3, 0.4) is 0 Å². The van der Waals surface area contributed by atoms with Crippen LogP contribution in [0, 0.1) is 0 Å².